The molecule has 6 nitrogen and oxygen atoms in total. The minimum Gasteiger partial charge on any atom is -0.505 e. The maximum Gasteiger partial charge on any atom is 0.339 e. The Labute approximate surface area is 111 Å². The number of para-hydroxylation sites is 1. The molecule has 19 heavy (non-hydrogen) atoms. The topological polar surface area (TPSA) is 89.9 Å². The van der Waals surface area contributed by atoms with Gasteiger partial charge in [-0.05, 0) is 25.5 Å². The first-order chi connectivity index (χ1) is 8.88. The van der Waals surface area contributed by atoms with Gasteiger partial charge in [-0.25, -0.2) is 9.59 Å². The average molecular weight is 266 g/mol. The Kier molecular flexibility index (Phi) is 4.74. The van der Waals surface area contributed by atoms with Crippen molar-refractivity contribution in [1.82, 2.24) is 4.90 Å². The molecular formula is C13H18N2O4. The van der Waals surface area contributed by atoms with Gasteiger partial charge >= 0.3 is 12.0 Å². The van der Waals surface area contributed by atoms with Crippen molar-refractivity contribution in [2.24, 2.45) is 0 Å². The van der Waals surface area contributed by atoms with Gasteiger partial charge in [-0.1, -0.05) is 13.0 Å². The lowest BCUT2D eigenvalue weighted by Crippen LogP contribution is -2.37. The van der Waals surface area contributed by atoms with E-state index < -0.39 is 17.7 Å². The molecule has 0 aliphatic carbocycles. The average Bonchev–Trinajstić information content (AvgIpc) is 2.38. The highest BCUT2D eigenvalue weighted by molar-refractivity contribution is 5.97. The van der Waals surface area contributed by atoms with Crippen LogP contribution in [0.25, 0.3) is 0 Å². The van der Waals surface area contributed by atoms with Crippen molar-refractivity contribution < 1.29 is 19.8 Å². The molecule has 0 bridgehead atoms. The van der Waals surface area contributed by atoms with E-state index in [9.17, 15) is 14.7 Å². The van der Waals surface area contributed by atoms with Crippen molar-refractivity contribution in [1.29, 1.82) is 0 Å². The molecule has 1 aromatic rings. The molecule has 0 saturated carbocycles. The number of carboxylic acids is 1. The molecule has 1 unspecified atom stereocenters. The van der Waals surface area contributed by atoms with E-state index in [-0.39, 0.29) is 17.3 Å². The molecule has 104 valence electrons. The maximum atomic E-state index is 11.9. The minimum atomic E-state index is -1.25. The standard InChI is InChI=1S/C13H18N2O4/c1-4-8(2)15(3)13(19)14-10-7-5-6-9(11(10)16)12(17)18/h5-8,16H,4H2,1-3H3,(H,14,19)(H,17,18). The molecule has 3 N–H and O–H groups in total. The molecule has 2 amide bonds. The summed E-state index contributed by atoms with van der Waals surface area (Å²) in [5.41, 5.74) is -0.163. The van der Waals surface area contributed by atoms with Crippen molar-refractivity contribution in [3.8, 4) is 5.75 Å². The molecule has 0 spiro atoms. The number of amides is 2. The third kappa shape index (κ3) is 3.37. The van der Waals surface area contributed by atoms with Gasteiger partial charge in [0.1, 0.15) is 5.56 Å². The van der Waals surface area contributed by atoms with E-state index in [1.54, 1.807) is 7.05 Å². The monoisotopic (exact) mass is 266 g/mol. The van der Waals surface area contributed by atoms with Gasteiger partial charge in [0.25, 0.3) is 0 Å². The van der Waals surface area contributed by atoms with Crippen molar-refractivity contribution in [2.75, 3.05) is 12.4 Å². The number of aromatic hydroxyl groups is 1. The Balaban J connectivity index is 2.92. The van der Waals surface area contributed by atoms with Crippen LogP contribution in [0.3, 0.4) is 0 Å². The first kappa shape index (κ1) is 14.8. The third-order valence-corrected chi connectivity index (χ3v) is 3.08. The quantitative estimate of drug-likeness (QED) is 0.730. The fourth-order valence-corrected chi connectivity index (χ4v) is 1.49. The molecular weight excluding hydrogens is 248 g/mol. The lowest BCUT2D eigenvalue weighted by Gasteiger charge is -2.24. The van der Waals surface area contributed by atoms with Crippen molar-refractivity contribution >= 4 is 17.7 Å². The Bertz CT molecular complexity index is 488. The van der Waals surface area contributed by atoms with Gasteiger partial charge in [-0.2, -0.15) is 0 Å². The van der Waals surface area contributed by atoms with Gasteiger partial charge in [0.2, 0.25) is 0 Å². The van der Waals surface area contributed by atoms with E-state index in [0.29, 0.717) is 0 Å². The number of hydrogen-bond acceptors (Lipinski definition) is 3. The summed E-state index contributed by atoms with van der Waals surface area (Å²) in [4.78, 5) is 24.3. The Morgan fingerprint density at radius 3 is 2.58 bits per heavy atom. The summed E-state index contributed by atoms with van der Waals surface area (Å²) in [7, 11) is 1.64. The molecule has 6 heteroatoms. The Morgan fingerprint density at radius 2 is 2.05 bits per heavy atom. The number of nitrogens with one attached hydrogen (secondary N) is 1. The molecule has 1 atom stereocenters. The molecule has 1 rings (SSSR count). The van der Waals surface area contributed by atoms with Crippen LogP contribution in [0.2, 0.25) is 0 Å². The second-order valence-electron chi connectivity index (χ2n) is 4.31. The highest BCUT2D eigenvalue weighted by atomic mass is 16.4. The van der Waals surface area contributed by atoms with E-state index >= 15 is 0 Å². The van der Waals surface area contributed by atoms with E-state index in [4.69, 9.17) is 5.11 Å². The first-order valence-corrected chi connectivity index (χ1v) is 5.97. The minimum absolute atomic E-state index is 0.0461. The van der Waals surface area contributed by atoms with Crippen LogP contribution in [0, 0.1) is 0 Å². The molecule has 0 heterocycles. The number of benzene rings is 1. The summed E-state index contributed by atoms with van der Waals surface area (Å²) in [6.07, 6.45) is 0.797. The number of aromatic carboxylic acids is 1. The number of urea groups is 1. The molecule has 0 fully saturated rings. The summed E-state index contributed by atoms with van der Waals surface area (Å²) >= 11 is 0. The van der Waals surface area contributed by atoms with Gasteiger partial charge in [0, 0.05) is 13.1 Å². The van der Waals surface area contributed by atoms with Gasteiger partial charge < -0.3 is 20.4 Å². The second kappa shape index (κ2) is 6.08. The third-order valence-electron chi connectivity index (χ3n) is 3.08. The number of rotatable bonds is 4. The highest BCUT2D eigenvalue weighted by Crippen LogP contribution is 2.27. The zero-order chi connectivity index (χ0) is 14.6. The summed E-state index contributed by atoms with van der Waals surface area (Å²) in [5.74, 6) is -1.69. The van der Waals surface area contributed by atoms with Crippen molar-refractivity contribution in [3.05, 3.63) is 23.8 Å². The normalized spacial score (nSPS) is 11.7. The lowest BCUT2D eigenvalue weighted by atomic mass is 10.1. The smallest absolute Gasteiger partial charge is 0.339 e. The van der Waals surface area contributed by atoms with Crippen LogP contribution in [0.1, 0.15) is 30.6 Å². The van der Waals surface area contributed by atoms with Crippen molar-refractivity contribution in [2.45, 2.75) is 26.3 Å². The molecule has 0 radical (unpaired) electrons. The number of carbonyl (C=O) groups is 2. The second-order valence-corrected chi connectivity index (χ2v) is 4.31. The van der Waals surface area contributed by atoms with Crippen LogP contribution in [0.4, 0.5) is 10.5 Å². The largest absolute Gasteiger partial charge is 0.505 e. The van der Waals surface area contributed by atoms with E-state index in [1.165, 1.54) is 23.1 Å². The SMILES string of the molecule is CCC(C)N(C)C(=O)Nc1cccc(C(=O)O)c1O. The summed E-state index contributed by atoms with van der Waals surface area (Å²) in [6, 6.07) is 3.83. The Hall–Kier alpha value is -2.24. The number of anilines is 1. The number of hydrogen-bond donors (Lipinski definition) is 3. The maximum absolute atomic E-state index is 11.9. The van der Waals surface area contributed by atoms with Crippen LogP contribution < -0.4 is 5.32 Å². The van der Waals surface area contributed by atoms with E-state index in [0.717, 1.165) is 6.42 Å². The fraction of sp³-hybridized carbons (Fsp3) is 0.385. The van der Waals surface area contributed by atoms with Crippen LogP contribution in [-0.2, 0) is 0 Å². The molecule has 1 aromatic carbocycles. The number of phenols is 1. The van der Waals surface area contributed by atoms with Gasteiger partial charge in [0.15, 0.2) is 5.75 Å². The van der Waals surface area contributed by atoms with E-state index in [1.807, 2.05) is 13.8 Å². The summed E-state index contributed by atoms with van der Waals surface area (Å²) in [5, 5.41) is 21.1. The lowest BCUT2D eigenvalue weighted by molar-refractivity contribution is 0.0693. The number of carbonyl (C=O) groups excluding carboxylic acids is 1. The molecule has 0 saturated heterocycles. The van der Waals surface area contributed by atoms with Gasteiger partial charge in [-0.15, -0.1) is 0 Å². The predicted molar refractivity (Wildman–Crippen MR) is 71.6 cm³/mol. The fourth-order valence-electron chi connectivity index (χ4n) is 1.49. The van der Waals surface area contributed by atoms with Crippen LogP contribution in [0.5, 0.6) is 5.75 Å². The van der Waals surface area contributed by atoms with Gasteiger partial charge in [-0.3, -0.25) is 0 Å². The predicted octanol–water partition coefficient (Wildman–Crippen LogP) is 2.35. The zero-order valence-corrected chi connectivity index (χ0v) is 11.2. The van der Waals surface area contributed by atoms with Gasteiger partial charge in [0.05, 0.1) is 5.69 Å². The number of nitrogens with zero attached hydrogens (tertiary/aromatic N) is 1. The molecule has 0 aromatic heterocycles. The highest BCUT2D eigenvalue weighted by Gasteiger charge is 2.18. The van der Waals surface area contributed by atoms with E-state index in [2.05, 4.69) is 5.32 Å². The van der Waals surface area contributed by atoms with Crippen LogP contribution >= 0.6 is 0 Å². The zero-order valence-electron chi connectivity index (χ0n) is 11.2. The van der Waals surface area contributed by atoms with Crippen LogP contribution in [-0.4, -0.2) is 40.2 Å². The summed E-state index contributed by atoms with van der Waals surface area (Å²) in [6.45, 7) is 3.85. The molecule has 0 aliphatic heterocycles. The summed E-state index contributed by atoms with van der Waals surface area (Å²) < 4.78 is 0. The first-order valence-electron chi connectivity index (χ1n) is 5.97. The van der Waals surface area contributed by atoms with Crippen LogP contribution in [0.15, 0.2) is 18.2 Å². The number of carboxylic acid groups (broad SMARTS) is 1. The Morgan fingerprint density at radius 1 is 1.42 bits per heavy atom. The van der Waals surface area contributed by atoms with Crippen molar-refractivity contribution in [3.63, 3.8) is 0 Å². The molecule has 0 aliphatic rings.